The van der Waals surface area contributed by atoms with Crippen molar-refractivity contribution in [3.05, 3.63) is 22.2 Å². The number of nitrogen functional groups attached to an aromatic ring is 1. The van der Waals surface area contributed by atoms with Gasteiger partial charge in [0.05, 0.1) is 22.9 Å². The fourth-order valence-corrected chi connectivity index (χ4v) is 5.69. The lowest BCUT2D eigenvalue weighted by Crippen LogP contribution is -2.39. The van der Waals surface area contributed by atoms with Crippen molar-refractivity contribution in [1.82, 2.24) is 4.90 Å². The number of anilines is 1. The average Bonchev–Trinajstić information content (AvgIpc) is 3.08. The number of hydrogen-bond donors (Lipinski definition) is 1. The van der Waals surface area contributed by atoms with E-state index in [1.807, 2.05) is 0 Å². The van der Waals surface area contributed by atoms with Crippen LogP contribution in [0, 0.1) is 17.8 Å². The molecule has 3 aliphatic heterocycles. The fourth-order valence-electron chi connectivity index (χ4n) is 5.47. The van der Waals surface area contributed by atoms with Crippen molar-refractivity contribution in [3.8, 4) is 5.75 Å². The number of nitrogens with two attached hydrogens (primary N) is 1. The quantitative estimate of drug-likeness (QED) is 0.618. The van der Waals surface area contributed by atoms with Crippen molar-refractivity contribution in [2.24, 2.45) is 17.8 Å². The van der Waals surface area contributed by atoms with Gasteiger partial charge in [-0.15, -0.1) is 0 Å². The van der Waals surface area contributed by atoms with Crippen molar-refractivity contribution < 1.29 is 14.3 Å². The third-order valence-corrected chi connectivity index (χ3v) is 7.40. The van der Waals surface area contributed by atoms with Gasteiger partial charge in [0, 0.05) is 50.8 Å². The monoisotopic (exact) mass is 390 g/mol. The standard InChI is InChI=1S/C21H27ClN2O3/c22-18-9-15(21-14(20(18)23)5-8-27-21)19(25)2-1-13-16-10-24(11-17(13)16)12-3-6-26-7-4-12/h9,12-13,16-17H,1-8,10-11,23H2. The first-order valence-corrected chi connectivity index (χ1v) is 10.6. The highest BCUT2D eigenvalue weighted by molar-refractivity contribution is 6.33. The summed E-state index contributed by atoms with van der Waals surface area (Å²) in [6, 6.07) is 2.41. The summed E-state index contributed by atoms with van der Waals surface area (Å²) in [5.74, 6) is 3.10. The van der Waals surface area contributed by atoms with Crippen molar-refractivity contribution >= 4 is 23.1 Å². The maximum atomic E-state index is 12.8. The molecular formula is C21H27ClN2O3. The summed E-state index contributed by atoms with van der Waals surface area (Å²) in [7, 11) is 0. The molecule has 2 saturated heterocycles. The topological polar surface area (TPSA) is 64.8 Å². The average molecular weight is 391 g/mol. The third kappa shape index (κ3) is 3.14. The molecule has 3 heterocycles. The van der Waals surface area contributed by atoms with Crippen LogP contribution in [0.4, 0.5) is 5.69 Å². The smallest absolute Gasteiger partial charge is 0.166 e. The molecule has 1 saturated carbocycles. The van der Waals surface area contributed by atoms with Crippen LogP contribution < -0.4 is 10.5 Å². The van der Waals surface area contributed by atoms with E-state index < -0.39 is 0 Å². The number of benzene rings is 1. The molecule has 2 unspecified atom stereocenters. The summed E-state index contributed by atoms with van der Waals surface area (Å²) >= 11 is 6.24. The molecule has 0 spiro atoms. The molecule has 4 aliphatic rings. The molecule has 27 heavy (non-hydrogen) atoms. The van der Waals surface area contributed by atoms with Crippen LogP contribution in [0.1, 0.15) is 41.6 Å². The SMILES string of the molecule is Nc1c(Cl)cc(C(=O)CCC2C3CN(C4CCOCC4)CC23)c2c1CCO2. The van der Waals surface area contributed by atoms with E-state index >= 15 is 0 Å². The highest BCUT2D eigenvalue weighted by Gasteiger charge is 2.55. The number of likely N-dealkylation sites (tertiary alicyclic amines) is 1. The summed E-state index contributed by atoms with van der Waals surface area (Å²) in [5, 5.41) is 0.470. The molecule has 1 aliphatic carbocycles. The van der Waals surface area contributed by atoms with Crippen LogP contribution in [0.3, 0.4) is 0 Å². The highest BCUT2D eigenvalue weighted by Crippen LogP contribution is 2.55. The summed E-state index contributed by atoms with van der Waals surface area (Å²) < 4.78 is 11.2. The van der Waals surface area contributed by atoms with Gasteiger partial charge in [-0.05, 0) is 43.1 Å². The first kappa shape index (κ1) is 17.8. The summed E-state index contributed by atoms with van der Waals surface area (Å²) in [6.07, 6.45) is 4.63. The largest absolute Gasteiger partial charge is 0.492 e. The number of carbonyl (C=O) groups excluding carboxylic acids is 1. The molecular weight excluding hydrogens is 364 g/mol. The number of ketones is 1. The third-order valence-electron chi connectivity index (χ3n) is 7.08. The zero-order chi connectivity index (χ0) is 18.5. The number of halogens is 1. The fraction of sp³-hybridized carbons (Fsp3) is 0.667. The van der Waals surface area contributed by atoms with E-state index in [1.165, 1.54) is 25.9 Å². The van der Waals surface area contributed by atoms with Crippen LogP contribution in [0.15, 0.2) is 6.07 Å². The minimum absolute atomic E-state index is 0.140. The predicted octanol–water partition coefficient (Wildman–Crippen LogP) is 3.18. The van der Waals surface area contributed by atoms with E-state index in [0.717, 1.165) is 43.5 Å². The van der Waals surface area contributed by atoms with Gasteiger partial charge >= 0.3 is 0 Å². The maximum Gasteiger partial charge on any atom is 0.166 e. The predicted molar refractivity (Wildman–Crippen MR) is 105 cm³/mol. The van der Waals surface area contributed by atoms with E-state index in [0.29, 0.717) is 47.0 Å². The van der Waals surface area contributed by atoms with Gasteiger partial charge in [-0.3, -0.25) is 9.69 Å². The second-order valence-corrected chi connectivity index (χ2v) is 8.88. The molecule has 2 N–H and O–H groups in total. The van der Waals surface area contributed by atoms with Crippen molar-refractivity contribution in [3.63, 3.8) is 0 Å². The van der Waals surface area contributed by atoms with Gasteiger partial charge in [0.2, 0.25) is 0 Å². The second kappa shape index (κ2) is 6.94. The van der Waals surface area contributed by atoms with Gasteiger partial charge in [0.15, 0.2) is 5.78 Å². The van der Waals surface area contributed by atoms with Crippen LogP contribution in [0.2, 0.25) is 5.02 Å². The van der Waals surface area contributed by atoms with E-state index in [-0.39, 0.29) is 5.78 Å². The normalized spacial score (nSPS) is 30.0. The molecule has 6 heteroatoms. The van der Waals surface area contributed by atoms with Gasteiger partial charge in [0.25, 0.3) is 0 Å². The molecule has 146 valence electrons. The Morgan fingerprint density at radius 3 is 2.70 bits per heavy atom. The Bertz CT molecular complexity index is 750. The number of rotatable bonds is 5. The molecule has 1 aromatic carbocycles. The first-order chi connectivity index (χ1) is 13.1. The number of nitrogens with zero attached hydrogens (tertiary/aromatic N) is 1. The number of Topliss-reactive ketones (excluding diaryl/α,β-unsaturated/α-hetero) is 1. The molecule has 0 amide bonds. The van der Waals surface area contributed by atoms with Crippen LogP contribution in [-0.2, 0) is 11.2 Å². The molecule has 5 nitrogen and oxygen atoms in total. The number of piperidine rings is 1. The van der Waals surface area contributed by atoms with Crippen molar-refractivity contribution in [1.29, 1.82) is 0 Å². The highest BCUT2D eigenvalue weighted by atomic mass is 35.5. The summed E-state index contributed by atoms with van der Waals surface area (Å²) in [6.45, 7) is 4.81. The molecule has 3 fully saturated rings. The minimum Gasteiger partial charge on any atom is -0.492 e. The van der Waals surface area contributed by atoms with Gasteiger partial charge in [-0.25, -0.2) is 0 Å². The van der Waals surface area contributed by atoms with Crippen molar-refractivity contribution in [2.45, 2.75) is 38.1 Å². The molecule has 2 atom stereocenters. The number of hydrogen-bond acceptors (Lipinski definition) is 5. The van der Waals surface area contributed by atoms with Crippen LogP contribution in [0.25, 0.3) is 0 Å². The zero-order valence-corrected chi connectivity index (χ0v) is 16.3. The number of fused-ring (bicyclic) bond motifs is 2. The molecule has 0 aromatic heterocycles. The molecule has 0 radical (unpaired) electrons. The Morgan fingerprint density at radius 2 is 1.96 bits per heavy atom. The van der Waals surface area contributed by atoms with E-state index in [4.69, 9.17) is 26.8 Å². The lowest BCUT2D eigenvalue weighted by atomic mass is 9.98. The maximum absolute atomic E-state index is 12.8. The van der Waals surface area contributed by atoms with Gasteiger partial charge < -0.3 is 15.2 Å². The van der Waals surface area contributed by atoms with Crippen LogP contribution in [0.5, 0.6) is 5.75 Å². The first-order valence-electron chi connectivity index (χ1n) is 10.2. The van der Waals surface area contributed by atoms with Crippen molar-refractivity contribution in [2.75, 3.05) is 38.6 Å². The van der Waals surface area contributed by atoms with Gasteiger partial charge in [0.1, 0.15) is 5.75 Å². The van der Waals surface area contributed by atoms with Gasteiger partial charge in [-0.2, -0.15) is 0 Å². The Labute approximate surface area is 165 Å². The molecule has 5 rings (SSSR count). The van der Waals surface area contributed by atoms with Gasteiger partial charge in [-0.1, -0.05) is 11.6 Å². The van der Waals surface area contributed by atoms with Crippen LogP contribution in [-0.4, -0.2) is 49.6 Å². The Kier molecular flexibility index (Phi) is 4.57. The Hall–Kier alpha value is -1.30. The number of ether oxygens (including phenoxy) is 2. The summed E-state index contributed by atoms with van der Waals surface area (Å²) in [4.78, 5) is 15.5. The lowest BCUT2D eigenvalue weighted by molar-refractivity contribution is 0.0367. The van der Waals surface area contributed by atoms with E-state index in [1.54, 1.807) is 6.07 Å². The minimum atomic E-state index is 0.140. The van der Waals surface area contributed by atoms with E-state index in [2.05, 4.69) is 4.90 Å². The van der Waals surface area contributed by atoms with Crippen LogP contribution >= 0.6 is 11.6 Å². The zero-order valence-electron chi connectivity index (χ0n) is 15.6. The molecule has 0 bridgehead atoms. The summed E-state index contributed by atoms with van der Waals surface area (Å²) in [5.41, 5.74) is 8.12. The molecule has 1 aromatic rings. The lowest BCUT2D eigenvalue weighted by Gasteiger charge is -2.32. The second-order valence-electron chi connectivity index (χ2n) is 8.48. The Balaban J connectivity index is 1.17. The Morgan fingerprint density at radius 1 is 1.22 bits per heavy atom. The number of carbonyl (C=O) groups is 1. The van der Waals surface area contributed by atoms with E-state index in [9.17, 15) is 4.79 Å².